The zero-order valence-corrected chi connectivity index (χ0v) is 8.87. The number of rotatable bonds is 2. The zero-order chi connectivity index (χ0) is 9.14. The van der Waals surface area contributed by atoms with Crippen molar-refractivity contribution in [3.05, 3.63) is 38.9 Å². The van der Waals surface area contributed by atoms with Crippen molar-refractivity contribution in [3.63, 3.8) is 0 Å². The summed E-state index contributed by atoms with van der Waals surface area (Å²) >= 11 is 7.81. The molecular formula is C7H5ClINO2. The summed E-state index contributed by atoms with van der Waals surface area (Å²) in [6.07, 6.45) is 0. The normalized spacial score (nSPS) is 9.83. The van der Waals surface area contributed by atoms with Crippen molar-refractivity contribution in [2.24, 2.45) is 0 Å². The molecule has 3 nitrogen and oxygen atoms in total. The van der Waals surface area contributed by atoms with Crippen molar-refractivity contribution in [3.8, 4) is 0 Å². The van der Waals surface area contributed by atoms with Crippen LogP contribution in [0.15, 0.2) is 18.2 Å². The summed E-state index contributed by atoms with van der Waals surface area (Å²) in [6, 6.07) is 4.69. The Morgan fingerprint density at radius 1 is 1.58 bits per heavy atom. The third-order valence-electron chi connectivity index (χ3n) is 1.42. The van der Waals surface area contributed by atoms with Gasteiger partial charge in [-0.1, -0.05) is 40.3 Å². The number of nitrogens with zero attached hydrogens (tertiary/aromatic N) is 1. The molecule has 0 aliphatic carbocycles. The van der Waals surface area contributed by atoms with Gasteiger partial charge in [-0.15, -0.1) is 0 Å². The molecule has 0 aliphatic heterocycles. The van der Waals surface area contributed by atoms with Crippen LogP contribution < -0.4 is 0 Å². The number of hydrogen-bond donors (Lipinski definition) is 0. The van der Waals surface area contributed by atoms with Gasteiger partial charge in [-0.05, 0) is 6.07 Å². The Morgan fingerprint density at radius 2 is 2.25 bits per heavy atom. The second-order valence-corrected chi connectivity index (χ2v) is 3.30. The molecule has 0 saturated carbocycles. The minimum Gasteiger partial charge on any atom is -0.258 e. The van der Waals surface area contributed by atoms with Gasteiger partial charge in [-0.2, -0.15) is 0 Å². The van der Waals surface area contributed by atoms with Gasteiger partial charge < -0.3 is 0 Å². The van der Waals surface area contributed by atoms with Crippen molar-refractivity contribution in [1.82, 2.24) is 0 Å². The molecule has 5 heteroatoms. The molecule has 0 amide bonds. The maximum Gasteiger partial charge on any atom is 0.274 e. The van der Waals surface area contributed by atoms with Crippen LogP contribution in [0.3, 0.4) is 0 Å². The summed E-state index contributed by atoms with van der Waals surface area (Å²) in [5.41, 5.74) is 0.682. The van der Waals surface area contributed by atoms with E-state index in [0.717, 1.165) is 0 Å². The van der Waals surface area contributed by atoms with Crippen LogP contribution in [0.1, 0.15) is 5.56 Å². The Balaban J connectivity index is 3.27. The van der Waals surface area contributed by atoms with Gasteiger partial charge in [0.15, 0.2) is 0 Å². The highest BCUT2D eigenvalue weighted by Crippen LogP contribution is 2.27. The van der Waals surface area contributed by atoms with Gasteiger partial charge in [0.1, 0.15) is 0 Å². The highest BCUT2D eigenvalue weighted by molar-refractivity contribution is 14.1. The van der Waals surface area contributed by atoms with Crippen LogP contribution in [0, 0.1) is 10.1 Å². The lowest BCUT2D eigenvalue weighted by molar-refractivity contribution is -0.385. The third kappa shape index (κ3) is 1.87. The Morgan fingerprint density at radius 3 is 2.67 bits per heavy atom. The molecule has 0 bridgehead atoms. The SMILES string of the molecule is O=[N+]([O-])c1cccc(Cl)c1CI. The summed E-state index contributed by atoms with van der Waals surface area (Å²) in [4.78, 5) is 10.1. The van der Waals surface area contributed by atoms with Crippen LogP contribution in [0.5, 0.6) is 0 Å². The maximum atomic E-state index is 10.5. The quantitative estimate of drug-likeness (QED) is 0.364. The van der Waals surface area contributed by atoms with E-state index in [1.165, 1.54) is 6.07 Å². The van der Waals surface area contributed by atoms with Gasteiger partial charge in [-0.3, -0.25) is 10.1 Å². The van der Waals surface area contributed by atoms with Gasteiger partial charge in [0.25, 0.3) is 5.69 Å². The minimum atomic E-state index is -0.417. The fourth-order valence-corrected chi connectivity index (χ4v) is 2.11. The third-order valence-corrected chi connectivity index (χ3v) is 2.54. The van der Waals surface area contributed by atoms with Crippen LogP contribution in [0.25, 0.3) is 0 Å². The highest BCUT2D eigenvalue weighted by Gasteiger charge is 2.14. The number of nitro groups is 1. The maximum absolute atomic E-state index is 10.5. The smallest absolute Gasteiger partial charge is 0.258 e. The standard InChI is InChI=1S/C7H5ClINO2/c8-6-2-1-3-7(10(11)12)5(6)4-9/h1-3H,4H2. The predicted molar refractivity (Wildman–Crippen MR) is 55.8 cm³/mol. The predicted octanol–water partition coefficient (Wildman–Crippen LogP) is 3.18. The van der Waals surface area contributed by atoms with Crippen LogP contribution in [0.2, 0.25) is 5.02 Å². The van der Waals surface area contributed by atoms with Gasteiger partial charge in [-0.25, -0.2) is 0 Å². The van der Waals surface area contributed by atoms with Crippen LogP contribution in [-0.4, -0.2) is 4.92 Å². The molecule has 0 aromatic heterocycles. The molecule has 0 aliphatic rings. The lowest BCUT2D eigenvalue weighted by atomic mass is 10.2. The average molecular weight is 297 g/mol. The summed E-state index contributed by atoms with van der Waals surface area (Å²) < 4.78 is 0.549. The first-order chi connectivity index (χ1) is 5.66. The van der Waals surface area contributed by atoms with E-state index in [9.17, 15) is 10.1 Å². The molecule has 64 valence electrons. The largest absolute Gasteiger partial charge is 0.274 e. The molecule has 0 fully saturated rings. The summed E-state index contributed by atoms with van der Waals surface area (Å²) in [7, 11) is 0. The molecule has 0 atom stereocenters. The molecule has 0 heterocycles. The lowest BCUT2D eigenvalue weighted by Gasteiger charge is -1.99. The van der Waals surface area contributed by atoms with E-state index in [2.05, 4.69) is 0 Å². The molecule has 0 radical (unpaired) electrons. The molecule has 0 N–H and O–H groups in total. The lowest BCUT2D eigenvalue weighted by Crippen LogP contribution is -1.93. The monoisotopic (exact) mass is 297 g/mol. The molecular weight excluding hydrogens is 292 g/mol. The first-order valence-electron chi connectivity index (χ1n) is 3.14. The molecule has 1 rings (SSSR count). The Hall–Kier alpha value is -0.360. The number of hydrogen-bond acceptors (Lipinski definition) is 2. The second kappa shape index (κ2) is 4.04. The van der Waals surface area contributed by atoms with E-state index in [4.69, 9.17) is 11.6 Å². The van der Waals surface area contributed by atoms with Crippen molar-refractivity contribution in [2.75, 3.05) is 0 Å². The van der Waals surface area contributed by atoms with E-state index >= 15 is 0 Å². The topological polar surface area (TPSA) is 43.1 Å². The van der Waals surface area contributed by atoms with E-state index in [1.807, 2.05) is 22.6 Å². The number of alkyl halides is 1. The number of halogens is 2. The van der Waals surface area contributed by atoms with Gasteiger partial charge in [0.2, 0.25) is 0 Å². The van der Waals surface area contributed by atoms with Crippen LogP contribution in [0.4, 0.5) is 5.69 Å². The molecule has 0 saturated heterocycles. The highest BCUT2D eigenvalue weighted by atomic mass is 127. The molecule has 0 spiro atoms. The van der Waals surface area contributed by atoms with Gasteiger partial charge in [0.05, 0.1) is 15.5 Å². The van der Waals surface area contributed by atoms with E-state index in [0.29, 0.717) is 15.0 Å². The number of nitro benzene ring substituents is 1. The first kappa shape index (κ1) is 9.73. The second-order valence-electron chi connectivity index (χ2n) is 2.13. The van der Waals surface area contributed by atoms with E-state index < -0.39 is 4.92 Å². The Kier molecular flexibility index (Phi) is 3.28. The number of benzene rings is 1. The Bertz CT molecular complexity index is 316. The van der Waals surface area contributed by atoms with Crippen molar-refractivity contribution < 1.29 is 4.92 Å². The minimum absolute atomic E-state index is 0.0944. The van der Waals surface area contributed by atoms with E-state index in [1.54, 1.807) is 12.1 Å². The summed E-state index contributed by atoms with van der Waals surface area (Å²) in [5.74, 6) is 0. The summed E-state index contributed by atoms with van der Waals surface area (Å²) in [5, 5.41) is 10.9. The molecule has 12 heavy (non-hydrogen) atoms. The van der Waals surface area contributed by atoms with Gasteiger partial charge in [0, 0.05) is 10.5 Å². The van der Waals surface area contributed by atoms with Crippen LogP contribution >= 0.6 is 34.2 Å². The summed E-state index contributed by atoms with van der Waals surface area (Å²) in [6.45, 7) is 0. The van der Waals surface area contributed by atoms with Crippen molar-refractivity contribution in [1.29, 1.82) is 0 Å². The fourth-order valence-electron chi connectivity index (χ4n) is 0.851. The van der Waals surface area contributed by atoms with Crippen molar-refractivity contribution >= 4 is 39.9 Å². The molecule has 0 unspecified atom stereocenters. The van der Waals surface area contributed by atoms with Gasteiger partial charge >= 0.3 is 0 Å². The first-order valence-corrected chi connectivity index (χ1v) is 5.05. The molecule has 1 aromatic rings. The molecule has 1 aromatic carbocycles. The zero-order valence-electron chi connectivity index (χ0n) is 5.96. The van der Waals surface area contributed by atoms with Crippen LogP contribution in [-0.2, 0) is 4.43 Å². The fraction of sp³-hybridized carbons (Fsp3) is 0.143. The van der Waals surface area contributed by atoms with E-state index in [-0.39, 0.29) is 5.69 Å². The average Bonchev–Trinajstić information content (AvgIpc) is 2.03. The Labute approximate surface area is 88.0 Å². The van der Waals surface area contributed by atoms with Crippen molar-refractivity contribution in [2.45, 2.75) is 4.43 Å².